The summed E-state index contributed by atoms with van der Waals surface area (Å²) in [4.78, 5) is 35.3. The van der Waals surface area contributed by atoms with Crippen molar-refractivity contribution in [3.63, 3.8) is 0 Å². The summed E-state index contributed by atoms with van der Waals surface area (Å²) in [5.74, 6) is -1.08. The molecule has 31 heavy (non-hydrogen) atoms. The largest absolute Gasteiger partial charge is 0.416 e. The number of amides is 2. The standard InChI is InChI=1S/C19H16F3N7O2/c1-12-6-13(8-14(7-12)19(20,21)22)18-25-11-29(28-18)5-2-16(30)26-27-17(31)9-15-10-23-3-4-24-15/h2-8,10-11H,9H2,1H3,(H,26,30)(H,27,31)/b5-2-. The van der Waals surface area contributed by atoms with Gasteiger partial charge in [0, 0.05) is 36.4 Å². The Balaban J connectivity index is 1.59. The van der Waals surface area contributed by atoms with E-state index in [1.807, 2.05) is 0 Å². The van der Waals surface area contributed by atoms with E-state index in [0.29, 0.717) is 11.3 Å². The van der Waals surface area contributed by atoms with E-state index >= 15 is 0 Å². The van der Waals surface area contributed by atoms with Gasteiger partial charge in [0.2, 0.25) is 5.91 Å². The van der Waals surface area contributed by atoms with Gasteiger partial charge in [-0.3, -0.25) is 30.4 Å². The molecule has 160 valence electrons. The Morgan fingerprint density at radius 1 is 1.13 bits per heavy atom. The molecule has 2 amide bonds. The molecule has 0 saturated heterocycles. The molecule has 0 bridgehead atoms. The number of hydrazine groups is 1. The normalized spacial score (nSPS) is 11.5. The molecular weight excluding hydrogens is 415 g/mol. The summed E-state index contributed by atoms with van der Waals surface area (Å²) in [6.45, 7) is 1.54. The van der Waals surface area contributed by atoms with Gasteiger partial charge in [-0.25, -0.2) is 9.67 Å². The van der Waals surface area contributed by atoms with Crippen LogP contribution in [0.25, 0.3) is 17.6 Å². The van der Waals surface area contributed by atoms with E-state index in [4.69, 9.17) is 0 Å². The van der Waals surface area contributed by atoms with E-state index in [-0.39, 0.29) is 17.8 Å². The minimum absolute atomic E-state index is 0.0662. The molecule has 1 aromatic carbocycles. The molecule has 2 N–H and O–H groups in total. The van der Waals surface area contributed by atoms with Gasteiger partial charge in [-0.15, -0.1) is 5.10 Å². The van der Waals surface area contributed by atoms with Crippen LogP contribution in [0.2, 0.25) is 0 Å². The van der Waals surface area contributed by atoms with Crippen molar-refractivity contribution in [1.82, 2.24) is 35.6 Å². The number of halogens is 3. The Morgan fingerprint density at radius 2 is 1.94 bits per heavy atom. The van der Waals surface area contributed by atoms with Crippen molar-refractivity contribution >= 4 is 18.0 Å². The number of alkyl halides is 3. The number of benzene rings is 1. The highest BCUT2D eigenvalue weighted by Gasteiger charge is 2.31. The van der Waals surface area contributed by atoms with Gasteiger partial charge in [0.1, 0.15) is 6.33 Å². The third-order valence-electron chi connectivity index (χ3n) is 3.83. The van der Waals surface area contributed by atoms with Crippen molar-refractivity contribution in [2.75, 3.05) is 0 Å². The highest BCUT2D eigenvalue weighted by Crippen LogP contribution is 2.32. The number of carbonyl (C=O) groups excluding carboxylic acids is 2. The van der Waals surface area contributed by atoms with Gasteiger partial charge >= 0.3 is 6.18 Å². The second-order valence-corrected chi connectivity index (χ2v) is 6.36. The minimum Gasteiger partial charge on any atom is -0.273 e. The van der Waals surface area contributed by atoms with E-state index in [9.17, 15) is 22.8 Å². The van der Waals surface area contributed by atoms with Crippen molar-refractivity contribution < 1.29 is 22.8 Å². The highest BCUT2D eigenvalue weighted by atomic mass is 19.4. The Kier molecular flexibility index (Phi) is 6.38. The molecule has 0 aliphatic rings. The Bertz CT molecular complexity index is 1110. The number of nitrogens with zero attached hydrogens (tertiary/aromatic N) is 5. The minimum atomic E-state index is -4.49. The van der Waals surface area contributed by atoms with Gasteiger partial charge < -0.3 is 0 Å². The maximum Gasteiger partial charge on any atom is 0.416 e. The van der Waals surface area contributed by atoms with Gasteiger partial charge in [-0.1, -0.05) is 0 Å². The number of hydrogen-bond acceptors (Lipinski definition) is 6. The van der Waals surface area contributed by atoms with E-state index in [0.717, 1.165) is 22.9 Å². The predicted octanol–water partition coefficient (Wildman–Crippen LogP) is 1.92. The Hall–Kier alpha value is -4.09. The second-order valence-electron chi connectivity index (χ2n) is 6.36. The van der Waals surface area contributed by atoms with Crippen molar-refractivity contribution in [2.45, 2.75) is 19.5 Å². The third-order valence-corrected chi connectivity index (χ3v) is 3.83. The number of hydrogen-bond donors (Lipinski definition) is 2. The van der Waals surface area contributed by atoms with Gasteiger partial charge in [0.05, 0.1) is 17.7 Å². The van der Waals surface area contributed by atoms with Crippen LogP contribution in [-0.4, -0.2) is 36.5 Å². The number of nitrogens with one attached hydrogen (secondary N) is 2. The molecule has 3 rings (SSSR count). The van der Waals surface area contributed by atoms with Crippen LogP contribution in [-0.2, 0) is 22.2 Å². The first-order valence-electron chi connectivity index (χ1n) is 8.83. The summed E-state index contributed by atoms with van der Waals surface area (Å²) >= 11 is 0. The van der Waals surface area contributed by atoms with Gasteiger partial charge in [-0.2, -0.15) is 13.2 Å². The molecule has 0 radical (unpaired) electrons. The average molecular weight is 431 g/mol. The second kappa shape index (κ2) is 9.15. The van der Waals surface area contributed by atoms with Crippen molar-refractivity contribution in [1.29, 1.82) is 0 Å². The van der Waals surface area contributed by atoms with Crippen molar-refractivity contribution in [3.05, 3.63) is 66.0 Å². The fourth-order valence-corrected chi connectivity index (χ4v) is 2.50. The van der Waals surface area contributed by atoms with Crippen LogP contribution in [0, 0.1) is 6.92 Å². The smallest absolute Gasteiger partial charge is 0.273 e. The summed E-state index contributed by atoms with van der Waals surface area (Å²) in [7, 11) is 0. The zero-order chi connectivity index (χ0) is 22.4. The van der Waals surface area contributed by atoms with Crippen LogP contribution in [0.4, 0.5) is 13.2 Å². The molecule has 0 unspecified atom stereocenters. The van der Waals surface area contributed by atoms with E-state index in [2.05, 4.69) is 30.9 Å². The summed E-state index contributed by atoms with van der Waals surface area (Å²) in [5, 5.41) is 4.04. The molecule has 3 aromatic rings. The SMILES string of the molecule is Cc1cc(-c2ncn(/C=C\C(=O)NNC(=O)Cc3cnccn3)n2)cc(C(F)(F)F)c1. The molecule has 9 nitrogen and oxygen atoms in total. The highest BCUT2D eigenvalue weighted by molar-refractivity contribution is 5.91. The summed E-state index contributed by atoms with van der Waals surface area (Å²) in [6, 6.07) is 3.51. The summed E-state index contributed by atoms with van der Waals surface area (Å²) in [6.07, 6.45) is 3.32. The summed E-state index contributed by atoms with van der Waals surface area (Å²) in [5.41, 5.74) is 4.64. The summed E-state index contributed by atoms with van der Waals surface area (Å²) < 4.78 is 40.1. The predicted molar refractivity (Wildman–Crippen MR) is 103 cm³/mol. The molecule has 12 heteroatoms. The van der Waals surface area contributed by atoms with Crippen LogP contribution in [0.1, 0.15) is 16.8 Å². The first kappa shape index (κ1) is 21.6. The first-order chi connectivity index (χ1) is 14.7. The molecule has 0 aliphatic heterocycles. The maximum absolute atomic E-state index is 13.0. The lowest BCUT2D eigenvalue weighted by atomic mass is 10.1. The van der Waals surface area contributed by atoms with E-state index in [1.165, 1.54) is 37.2 Å². The number of rotatable bonds is 5. The lowest BCUT2D eigenvalue weighted by Gasteiger charge is -2.09. The molecular formula is C19H16F3N7O2. The topological polar surface area (TPSA) is 115 Å². The van der Waals surface area contributed by atoms with Crippen LogP contribution in [0.5, 0.6) is 0 Å². The fraction of sp³-hybridized carbons (Fsp3) is 0.158. The van der Waals surface area contributed by atoms with E-state index in [1.54, 1.807) is 6.92 Å². The first-order valence-corrected chi connectivity index (χ1v) is 8.83. The Morgan fingerprint density at radius 3 is 2.65 bits per heavy atom. The van der Waals surface area contributed by atoms with Gasteiger partial charge in [0.15, 0.2) is 5.82 Å². The number of carbonyl (C=O) groups is 2. The molecule has 2 heterocycles. The fourth-order valence-electron chi connectivity index (χ4n) is 2.50. The van der Waals surface area contributed by atoms with Gasteiger partial charge in [-0.05, 0) is 30.7 Å². The zero-order valence-corrected chi connectivity index (χ0v) is 16.1. The van der Waals surface area contributed by atoms with Crippen LogP contribution >= 0.6 is 0 Å². The third kappa shape index (κ3) is 6.19. The lowest BCUT2D eigenvalue weighted by Crippen LogP contribution is -2.41. The van der Waals surface area contributed by atoms with Crippen LogP contribution in [0.15, 0.2) is 49.2 Å². The van der Waals surface area contributed by atoms with E-state index < -0.39 is 23.6 Å². The monoisotopic (exact) mass is 431 g/mol. The molecule has 2 aromatic heterocycles. The number of aromatic nitrogens is 5. The molecule has 0 spiro atoms. The Labute approximate surface area is 174 Å². The number of aryl methyl sites for hydroxylation is 1. The van der Waals surface area contributed by atoms with Crippen LogP contribution < -0.4 is 10.9 Å². The van der Waals surface area contributed by atoms with Gasteiger partial charge in [0.25, 0.3) is 5.91 Å². The zero-order valence-electron chi connectivity index (χ0n) is 16.1. The van der Waals surface area contributed by atoms with Crippen LogP contribution in [0.3, 0.4) is 0 Å². The molecule has 0 fully saturated rings. The molecule has 0 atom stereocenters. The average Bonchev–Trinajstić information content (AvgIpc) is 3.19. The maximum atomic E-state index is 13.0. The lowest BCUT2D eigenvalue weighted by molar-refractivity contribution is -0.137. The van der Waals surface area contributed by atoms with Crippen molar-refractivity contribution in [2.24, 2.45) is 0 Å². The molecule has 0 aliphatic carbocycles. The van der Waals surface area contributed by atoms with Crippen molar-refractivity contribution in [3.8, 4) is 11.4 Å². The molecule has 0 saturated carbocycles. The quantitative estimate of drug-likeness (QED) is 0.471.